The van der Waals surface area contributed by atoms with Crippen LogP contribution in [0.4, 0.5) is 18.9 Å². The molecule has 1 unspecified atom stereocenters. The Kier molecular flexibility index (Phi) is 6.97. The molecular formula is C21H16Cl2F3NO3S2. The van der Waals surface area contributed by atoms with Crippen molar-refractivity contribution in [2.24, 2.45) is 0 Å². The fraction of sp³-hybridized carbons (Fsp3) is 0.143. The zero-order valence-corrected chi connectivity index (χ0v) is 19.5. The van der Waals surface area contributed by atoms with E-state index in [9.17, 15) is 26.7 Å². The summed E-state index contributed by atoms with van der Waals surface area (Å²) in [5.74, 6) is 0. The zero-order chi connectivity index (χ0) is 23.7. The van der Waals surface area contributed by atoms with E-state index in [0.717, 1.165) is 27.8 Å². The molecule has 32 heavy (non-hydrogen) atoms. The molecule has 3 aromatic rings. The Labute approximate surface area is 197 Å². The van der Waals surface area contributed by atoms with E-state index in [-0.39, 0.29) is 19.3 Å². The van der Waals surface area contributed by atoms with Crippen LogP contribution >= 0.6 is 34.5 Å². The molecule has 0 amide bonds. The van der Waals surface area contributed by atoms with Crippen LogP contribution < -0.4 is 4.31 Å². The molecule has 1 N–H and O–H groups in total. The lowest BCUT2D eigenvalue weighted by Gasteiger charge is -2.28. The van der Waals surface area contributed by atoms with E-state index in [2.05, 4.69) is 0 Å². The minimum Gasteiger partial charge on any atom is -0.373 e. The highest BCUT2D eigenvalue weighted by Gasteiger charge is 2.53. The molecule has 0 saturated carbocycles. The highest BCUT2D eigenvalue weighted by molar-refractivity contribution is 7.93. The third-order valence-corrected chi connectivity index (χ3v) is 8.22. The van der Waals surface area contributed by atoms with Crippen LogP contribution in [-0.2, 0) is 15.6 Å². The normalized spacial score (nSPS) is 14.5. The van der Waals surface area contributed by atoms with Crippen LogP contribution in [0.3, 0.4) is 0 Å². The van der Waals surface area contributed by atoms with Gasteiger partial charge in [-0.2, -0.15) is 13.2 Å². The van der Waals surface area contributed by atoms with E-state index >= 15 is 0 Å². The Morgan fingerprint density at radius 3 is 2.12 bits per heavy atom. The van der Waals surface area contributed by atoms with Gasteiger partial charge in [-0.15, -0.1) is 11.3 Å². The van der Waals surface area contributed by atoms with Gasteiger partial charge in [0.05, 0.1) is 10.0 Å². The van der Waals surface area contributed by atoms with Gasteiger partial charge in [-0.3, -0.25) is 4.31 Å². The van der Waals surface area contributed by atoms with Crippen LogP contribution in [0.1, 0.15) is 11.1 Å². The van der Waals surface area contributed by atoms with Crippen molar-refractivity contribution in [3.8, 4) is 0 Å². The van der Waals surface area contributed by atoms with Crippen LogP contribution in [0.5, 0.6) is 0 Å². The topological polar surface area (TPSA) is 57.6 Å². The molecule has 0 aliphatic rings. The number of rotatable bonds is 6. The van der Waals surface area contributed by atoms with Gasteiger partial charge in [0.15, 0.2) is 0 Å². The molecule has 0 saturated heterocycles. The van der Waals surface area contributed by atoms with Crippen LogP contribution in [0.2, 0.25) is 8.67 Å². The summed E-state index contributed by atoms with van der Waals surface area (Å²) in [4.78, 5) is -0.210. The molecule has 1 heterocycles. The van der Waals surface area contributed by atoms with Crippen molar-refractivity contribution in [1.82, 2.24) is 0 Å². The molecule has 0 spiro atoms. The van der Waals surface area contributed by atoms with Gasteiger partial charge in [0.25, 0.3) is 10.0 Å². The predicted octanol–water partition coefficient (Wildman–Crippen LogP) is 6.34. The molecule has 1 atom stereocenters. The standard InChI is InChI=1S/C21H16Cl2F3NO3S2/c1-27(32(29,30)17-13-18(22)31-19(17)23)16-9-7-15(8-10-16)20(28,21(24,25)26)12-11-14-5-3-2-4-6-14/h2-13,28H,1H3. The van der Waals surface area contributed by atoms with Gasteiger partial charge in [-0.25, -0.2) is 8.42 Å². The number of sulfonamides is 1. The van der Waals surface area contributed by atoms with E-state index in [0.29, 0.717) is 11.6 Å². The summed E-state index contributed by atoms with van der Waals surface area (Å²) >= 11 is 12.6. The molecule has 2 aromatic carbocycles. The number of halogens is 5. The first-order valence-corrected chi connectivity index (χ1v) is 12.0. The molecule has 0 aliphatic heterocycles. The number of nitrogens with zero attached hydrogens (tertiary/aromatic N) is 1. The molecule has 3 rings (SSSR count). The fourth-order valence-electron chi connectivity index (χ4n) is 2.85. The van der Waals surface area contributed by atoms with E-state index in [1.807, 2.05) is 0 Å². The lowest BCUT2D eigenvalue weighted by Crippen LogP contribution is -2.40. The Morgan fingerprint density at radius 1 is 1.03 bits per heavy atom. The minimum absolute atomic E-state index is 0.0315. The van der Waals surface area contributed by atoms with Gasteiger partial charge in [0.1, 0.15) is 9.23 Å². The van der Waals surface area contributed by atoms with Crippen molar-refractivity contribution in [3.63, 3.8) is 0 Å². The van der Waals surface area contributed by atoms with Gasteiger partial charge in [0.2, 0.25) is 5.60 Å². The fourth-order valence-corrected chi connectivity index (χ4v) is 6.16. The Morgan fingerprint density at radius 2 is 1.62 bits per heavy atom. The van der Waals surface area contributed by atoms with Gasteiger partial charge in [0, 0.05) is 7.05 Å². The summed E-state index contributed by atoms with van der Waals surface area (Å²) in [6.07, 6.45) is -3.19. The lowest BCUT2D eigenvalue weighted by molar-refractivity contribution is -0.244. The summed E-state index contributed by atoms with van der Waals surface area (Å²) in [5.41, 5.74) is -3.20. The van der Waals surface area contributed by atoms with Crippen molar-refractivity contribution in [3.05, 3.63) is 86.5 Å². The Hall–Kier alpha value is -2.04. The molecule has 170 valence electrons. The molecule has 0 fully saturated rings. The van der Waals surface area contributed by atoms with E-state index in [4.69, 9.17) is 23.2 Å². The molecule has 11 heteroatoms. The van der Waals surface area contributed by atoms with Gasteiger partial charge in [-0.05, 0) is 35.4 Å². The highest BCUT2D eigenvalue weighted by Crippen LogP contribution is 2.42. The number of thiophene rings is 1. The SMILES string of the molecule is CN(c1ccc(C(O)(C=Cc2ccccc2)C(F)(F)F)cc1)S(=O)(=O)c1cc(Cl)sc1Cl. The largest absolute Gasteiger partial charge is 0.425 e. The second-order valence-corrected chi connectivity index (χ2v) is 10.9. The van der Waals surface area contributed by atoms with Crippen molar-refractivity contribution in [2.45, 2.75) is 16.7 Å². The molecule has 0 radical (unpaired) electrons. The molecule has 1 aromatic heterocycles. The average molecular weight is 522 g/mol. The van der Waals surface area contributed by atoms with Gasteiger partial charge in [-0.1, -0.05) is 71.7 Å². The zero-order valence-electron chi connectivity index (χ0n) is 16.3. The Balaban J connectivity index is 1.96. The van der Waals surface area contributed by atoms with Crippen LogP contribution in [0.15, 0.2) is 71.6 Å². The van der Waals surface area contributed by atoms with Crippen molar-refractivity contribution >= 4 is 56.3 Å². The monoisotopic (exact) mass is 521 g/mol. The second kappa shape index (κ2) is 9.07. The quantitative estimate of drug-likeness (QED) is 0.411. The maximum atomic E-state index is 13.8. The van der Waals surface area contributed by atoms with Crippen LogP contribution in [0.25, 0.3) is 6.08 Å². The third-order valence-electron chi connectivity index (χ3n) is 4.68. The molecule has 0 aliphatic carbocycles. The van der Waals surface area contributed by atoms with Crippen molar-refractivity contribution in [2.75, 3.05) is 11.4 Å². The molecule has 0 bridgehead atoms. The lowest BCUT2D eigenvalue weighted by atomic mass is 9.91. The summed E-state index contributed by atoms with van der Waals surface area (Å²) < 4.78 is 68.0. The van der Waals surface area contributed by atoms with E-state index in [1.54, 1.807) is 30.3 Å². The number of anilines is 1. The molecular weight excluding hydrogens is 506 g/mol. The number of alkyl halides is 3. The summed E-state index contributed by atoms with van der Waals surface area (Å²) in [7, 11) is -2.86. The summed E-state index contributed by atoms with van der Waals surface area (Å²) in [5, 5.41) is 10.5. The van der Waals surface area contributed by atoms with E-state index in [1.165, 1.54) is 31.3 Å². The van der Waals surface area contributed by atoms with Gasteiger partial charge >= 0.3 is 6.18 Å². The summed E-state index contributed by atoms with van der Waals surface area (Å²) in [6.45, 7) is 0. The number of hydrogen-bond acceptors (Lipinski definition) is 4. The minimum atomic E-state index is -5.02. The smallest absolute Gasteiger partial charge is 0.373 e. The van der Waals surface area contributed by atoms with Crippen LogP contribution in [0, 0.1) is 0 Å². The number of benzene rings is 2. The Bertz CT molecular complexity index is 1230. The third kappa shape index (κ3) is 4.82. The van der Waals surface area contributed by atoms with Crippen LogP contribution in [-0.4, -0.2) is 26.7 Å². The number of aliphatic hydroxyl groups is 1. The first kappa shape index (κ1) is 24.6. The second-order valence-electron chi connectivity index (χ2n) is 6.72. The van der Waals surface area contributed by atoms with E-state index < -0.39 is 27.4 Å². The highest BCUT2D eigenvalue weighted by atomic mass is 35.5. The summed E-state index contributed by atoms with van der Waals surface area (Å²) in [6, 6.07) is 13.8. The maximum absolute atomic E-state index is 13.8. The van der Waals surface area contributed by atoms with Crippen molar-refractivity contribution < 1.29 is 26.7 Å². The number of hydrogen-bond donors (Lipinski definition) is 1. The first-order chi connectivity index (χ1) is 14.9. The molecule has 4 nitrogen and oxygen atoms in total. The predicted molar refractivity (Wildman–Crippen MR) is 122 cm³/mol. The maximum Gasteiger partial charge on any atom is 0.425 e. The van der Waals surface area contributed by atoms with Gasteiger partial charge < -0.3 is 5.11 Å². The first-order valence-electron chi connectivity index (χ1n) is 8.94. The average Bonchev–Trinajstić information content (AvgIpc) is 3.10. The van der Waals surface area contributed by atoms with Crippen molar-refractivity contribution in [1.29, 1.82) is 0 Å².